The molecule has 0 radical (unpaired) electrons. The molecule has 0 aromatic carbocycles. The van der Waals surface area contributed by atoms with Crippen LogP contribution in [-0.4, -0.2) is 44.4 Å². The highest BCUT2D eigenvalue weighted by Gasteiger charge is 2.28. The summed E-state index contributed by atoms with van der Waals surface area (Å²) in [6.07, 6.45) is 5.59. The SMILES string of the molecule is CCC[N+]1(CCOC)CCCCC1.[I-]. The Balaban J connectivity index is 0.00000169. The van der Waals surface area contributed by atoms with E-state index in [1.165, 1.54) is 56.3 Å². The molecule has 3 heteroatoms. The van der Waals surface area contributed by atoms with Crippen LogP contribution in [-0.2, 0) is 4.74 Å². The highest BCUT2D eigenvalue weighted by molar-refractivity contribution is 4.54. The molecule has 0 saturated carbocycles. The van der Waals surface area contributed by atoms with E-state index in [9.17, 15) is 0 Å². The number of hydrogen-bond donors (Lipinski definition) is 0. The van der Waals surface area contributed by atoms with Crippen molar-refractivity contribution in [1.29, 1.82) is 0 Å². The Kier molecular flexibility index (Phi) is 8.25. The fraction of sp³-hybridized carbons (Fsp3) is 1.00. The normalized spacial score (nSPS) is 20.1. The molecular formula is C11H24INO. The number of piperidine rings is 1. The Morgan fingerprint density at radius 1 is 1.07 bits per heavy atom. The van der Waals surface area contributed by atoms with Crippen LogP contribution >= 0.6 is 0 Å². The first-order valence-corrected chi connectivity index (χ1v) is 5.67. The molecule has 1 aliphatic rings. The number of hydrogen-bond acceptors (Lipinski definition) is 1. The number of halogens is 1. The molecule has 0 bridgehead atoms. The lowest BCUT2D eigenvalue weighted by atomic mass is 10.1. The van der Waals surface area contributed by atoms with Gasteiger partial charge in [0.15, 0.2) is 0 Å². The van der Waals surface area contributed by atoms with Crippen molar-refractivity contribution in [2.75, 3.05) is 39.9 Å². The second kappa shape index (κ2) is 7.88. The summed E-state index contributed by atoms with van der Waals surface area (Å²) in [6, 6.07) is 0. The highest BCUT2D eigenvalue weighted by Crippen LogP contribution is 2.19. The predicted molar refractivity (Wildman–Crippen MR) is 55.7 cm³/mol. The van der Waals surface area contributed by atoms with Crippen molar-refractivity contribution in [1.82, 2.24) is 0 Å². The zero-order valence-electron chi connectivity index (χ0n) is 9.60. The van der Waals surface area contributed by atoms with Crippen molar-refractivity contribution in [3.63, 3.8) is 0 Å². The van der Waals surface area contributed by atoms with E-state index in [0.29, 0.717) is 0 Å². The molecule has 0 atom stereocenters. The molecule has 0 amide bonds. The van der Waals surface area contributed by atoms with Gasteiger partial charge in [0, 0.05) is 7.11 Å². The molecule has 1 fully saturated rings. The first kappa shape index (κ1) is 14.6. The lowest BCUT2D eigenvalue weighted by molar-refractivity contribution is -0.932. The molecule has 0 aliphatic carbocycles. The molecule has 0 spiro atoms. The van der Waals surface area contributed by atoms with Crippen LogP contribution in [0.15, 0.2) is 0 Å². The van der Waals surface area contributed by atoms with Crippen LogP contribution in [0.2, 0.25) is 0 Å². The van der Waals surface area contributed by atoms with Gasteiger partial charge in [0.25, 0.3) is 0 Å². The maximum Gasteiger partial charge on any atom is 0.102 e. The lowest BCUT2D eigenvalue weighted by Crippen LogP contribution is -3.00. The van der Waals surface area contributed by atoms with Crippen LogP contribution in [0, 0.1) is 0 Å². The van der Waals surface area contributed by atoms with E-state index in [-0.39, 0.29) is 24.0 Å². The Morgan fingerprint density at radius 2 is 1.71 bits per heavy atom. The molecule has 0 aromatic heterocycles. The van der Waals surface area contributed by atoms with Gasteiger partial charge in [-0.3, -0.25) is 0 Å². The minimum atomic E-state index is 0. The van der Waals surface area contributed by atoms with E-state index in [0.717, 1.165) is 6.61 Å². The summed E-state index contributed by atoms with van der Waals surface area (Å²) in [5.74, 6) is 0. The maximum atomic E-state index is 5.20. The van der Waals surface area contributed by atoms with E-state index in [1.807, 2.05) is 7.11 Å². The minimum Gasteiger partial charge on any atom is -1.00 e. The summed E-state index contributed by atoms with van der Waals surface area (Å²) in [5, 5.41) is 0. The van der Waals surface area contributed by atoms with Crippen molar-refractivity contribution >= 4 is 0 Å². The first-order valence-electron chi connectivity index (χ1n) is 5.67. The van der Waals surface area contributed by atoms with Gasteiger partial charge in [-0.05, 0) is 25.7 Å². The molecule has 1 saturated heterocycles. The standard InChI is InChI=1S/C11H24NO.HI/c1-3-7-12(10-11-13-2)8-5-4-6-9-12;/h3-11H2,1-2H3;1H/q+1;/p-1. The van der Waals surface area contributed by atoms with E-state index < -0.39 is 0 Å². The van der Waals surface area contributed by atoms with Crippen LogP contribution in [0.1, 0.15) is 32.6 Å². The third-order valence-corrected chi connectivity index (χ3v) is 3.23. The largest absolute Gasteiger partial charge is 1.00 e. The Labute approximate surface area is 106 Å². The van der Waals surface area contributed by atoms with Gasteiger partial charge >= 0.3 is 0 Å². The molecule has 1 heterocycles. The van der Waals surface area contributed by atoms with Gasteiger partial charge in [0.05, 0.1) is 26.2 Å². The smallest absolute Gasteiger partial charge is 0.102 e. The third-order valence-electron chi connectivity index (χ3n) is 3.23. The van der Waals surface area contributed by atoms with Gasteiger partial charge in [0.2, 0.25) is 0 Å². The average molecular weight is 313 g/mol. The van der Waals surface area contributed by atoms with Crippen molar-refractivity contribution < 1.29 is 33.2 Å². The quantitative estimate of drug-likeness (QED) is 0.470. The minimum absolute atomic E-state index is 0. The summed E-state index contributed by atoms with van der Waals surface area (Å²) in [7, 11) is 1.81. The molecule has 2 nitrogen and oxygen atoms in total. The van der Waals surface area contributed by atoms with Gasteiger partial charge < -0.3 is 33.2 Å². The van der Waals surface area contributed by atoms with Crippen molar-refractivity contribution in [3.05, 3.63) is 0 Å². The number of rotatable bonds is 5. The van der Waals surface area contributed by atoms with Crippen LogP contribution in [0.5, 0.6) is 0 Å². The number of quaternary nitrogens is 1. The second-order valence-corrected chi connectivity index (χ2v) is 4.29. The fourth-order valence-corrected chi connectivity index (χ4v) is 2.50. The van der Waals surface area contributed by atoms with Crippen molar-refractivity contribution in [2.24, 2.45) is 0 Å². The first-order chi connectivity index (χ1) is 6.33. The van der Waals surface area contributed by atoms with Gasteiger partial charge in [-0.15, -0.1) is 0 Å². The van der Waals surface area contributed by atoms with Crippen molar-refractivity contribution in [2.45, 2.75) is 32.6 Å². The summed E-state index contributed by atoms with van der Waals surface area (Å²) in [4.78, 5) is 0. The molecule has 0 aromatic rings. The van der Waals surface area contributed by atoms with Crippen LogP contribution in [0.25, 0.3) is 0 Å². The van der Waals surface area contributed by atoms with E-state index in [4.69, 9.17) is 4.74 Å². The number of methoxy groups -OCH3 is 1. The van der Waals surface area contributed by atoms with Gasteiger partial charge in [-0.2, -0.15) is 0 Å². The average Bonchev–Trinajstić information content (AvgIpc) is 2.17. The summed E-state index contributed by atoms with van der Waals surface area (Å²) >= 11 is 0. The molecule has 0 unspecified atom stereocenters. The second-order valence-electron chi connectivity index (χ2n) is 4.29. The van der Waals surface area contributed by atoms with Gasteiger partial charge in [0.1, 0.15) is 6.54 Å². The zero-order chi connectivity index (χ0) is 9.57. The fourth-order valence-electron chi connectivity index (χ4n) is 2.50. The predicted octanol–water partition coefficient (Wildman–Crippen LogP) is -0.952. The van der Waals surface area contributed by atoms with Crippen LogP contribution in [0.4, 0.5) is 0 Å². The van der Waals surface area contributed by atoms with E-state index in [1.54, 1.807) is 0 Å². The lowest BCUT2D eigenvalue weighted by Gasteiger charge is -2.41. The number of nitrogens with zero attached hydrogens (tertiary/aromatic N) is 1. The van der Waals surface area contributed by atoms with Crippen LogP contribution < -0.4 is 24.0 Å². The Bertz CT molecular complexity index is 130. The molecule has 1 aliphatic heterocycles. The number of ether oxygens (including phenoxy) is 1. The molecule has 86 valence electrons. The number of likely N-dealkylation sites (tertiary alicyclic amines) is 1. The van der Waals surface area contributed by atoms with E-state index in [2.05, 4.69) is 6.92 Å². The Morgan fingerprint density at radius 3 is 2.21 bits per heavy atom. The van der Waals surface area contributed by atoms with Crippen LogP contribution in [0.3, 0.4) is 0 Å². The third kappa shape index (κ3) is 4.45. The monoisotopic (exact) mass is 313 g/mol. The molecular weight excluding hydrogens is 289 g/mol. The maximum absolute atomic E-state index is 5.20. The highest BCUT2D eigenvalue weighted by atomic mass is 127. The van der Waals surface area contributed by atoms with Gasteiger partial charge in [-0.1, -0.05) is 6.92 Å². The Hall–Kier alpha value is 0.650. The van der Waals surface area contributed by atoms with Gasteiger partial charge in [-0.25, -0.2) is 0 Å². The summed E-state index contributed by atoms with van der Waals surface area (Å²) < 4.78 is 6.52. The van der Waals surface area contributed by atoms with E-state index >= 15 is 0 Å². The van der Waals surface area contributed by atoms with Crippen molar-refractivity contribution in [3.8, 4) is 0 Å². The topological polar surface area (TPSA) is 9.23 Å². The summed E-state index contributed by atoms with van der Waals surface area (Å²) in [5.41, 5.74) is 0. The summed E-state index contributed by atoms with van der Waals surface area (Å²) in [6.45, 7) is 8.57. The molecule has 14 heavy (non-hydrogen) atoms. The molecule has 0 N–H and O–H groups in total. The zero-order valence-corrected chi connectivity index (χ0v) is 11.8. The molecule has 1 rings (SSSR count).